The number of furan rings is 1. The Bertz CT molecular complexity index is 478. The van der Waals surface area contributed by atoms with E-state index in [2.05, 4.69) is 0 Å². The first-order chi connectivity index (χ1) is 9.65. The number of aliphatic carboxylic acids is 1. The number of hydrogen-bond acceptors (Lipinski definition) is 3. The summed E-state index contributed by atoms with van der Waals surface area (Å²) in [4.78, 5) is 24.4. The van der Waals surface area contributed by atoms with Crippen LogP contribution < -0.4 is 0 Å². The van der Waals surface area contributed by atoms with Crippen LogP contribution in [0.4, 0.5) is 0 Å². The van der Waals surface area contributed by atoms with Crippen LogP contribution in [0.3, 0.4) is 0 Å². The zero-order valence-electron chi connectivity index (χ0n) is 11.3. The van der Waals surface area contributed by atoms with Crippen molar-refractivity contribution in [3.63, 3.8) is 0 Å². The van der Waals surface area contributed by atoms with Crippen LogP contribution in [0, 0.1) is 5.92 Å². The van der Waals surface area contributed by atoms with E-state index in [1.54, 1.807) is 29.4 Å². The highest BCUT2D eigenvalue weighted by atomic mass is 16.4. The third-order valence-electron chi connectivity index (χ3n) is 3.53. The first-order valence-corrected chi connectivity index (χ1v) is 6.87. The molecule has 1 aliphatic heterocycles. The summed E-state index contributed by atoms with van der Waals surface area (Å²) in [6.07, 6.45) is 7.48. The molecule has 2 heterocycles. The van der Waals surface area contributed by atoms with Crippen molar-refractivity contribution in [2.45, 2.75) is 25.7 Å². The lowest BCUT2D eigenvalue weighted by Gasteiger charge is -2.31. The van der Waals surface area contributed by atoms with Crippen molar-refractivity contribution >= 4 is 18.0 Å². The van der Waals surface area contributed by atoms with Gasteiger partial charge in [0.25, 0.3) is 0 Å². The van der Waals surface area contributed by atoms with Gasteiger partial charge in [0.2, 0.25) is 5.91 Å². The Morgan fingerprint density at radius 3 is 3.05 bits per heavy atom. The maximum Gasteiger partial charge on any atom is 0.303 e. The number of likely N-dealkylation sites (tertiary alicyclic amines) is 1. The van der Waals surface area contributed by atoms with E-state index in [-0.39, 0.29) is 12.3 Å². The summed E-state index contributed by atoms with van der Waals surface area (Å²) < 4.78 is 5.13. The second-order valence-electron chi connectivity index (χ2n) is 5.07. The molecule has 0 radical (unpaired) electrons. The SMILES string of the molecule is O=C(O)CC[C@H]1CCCN(C(=O)/C=C/c2ccco2)C1. The molecule has 108 valence electrons. The van der Waals surface area contributed by atoms with Crippen LogP contribution in [-0.4, -0.2) is 35.0 Å². The Balaban J connectivity index is 1.85. The van der Waals surface area contributed by atoms with Crippen molar-refractivity contribution in [1.82, 2.24) is 4.90 Å². The average Bonchev–Trinajstić information content (AvgIpc) is 2.96. The highest BCUT2D eigenvalue weighted by Crippen LogP contribution is 2.21. The normalized spacial score (nSPS) is 19.4. The fourth-order valence-electron chi connectivity index (χ4n) is 2.47. The van der Waals surface area contributed by atoms with Gasteiger partial charge < -0.3 is 14.4 Å². The summed E-state index contributed by atoms with van der Waals surface area (Å²) >= 11 is 0. The van der Waals surface area contributed by atoms with Crippen molar-refractivity contribution in [2.24, 2.45) is 5.92 Å². The van der Waals surface area contributed by atoms with Gasteiger partial charge >= 0.3 is 5.97 Å². The third kappa shape index (κ3) is 4.26. The molecular formula is C15H19NO4. The second-order valence-corrected chi connectivity index (χ2v) is 5.07. The van der Waals surface area contributed by atoms with E-state index in [9.17, 15) is 9.59 Å². The smallest absolute Gasteiger partial charge is 0.303 e. The van der Waals surface area contributed by atoms with E-state index in [1.165, 1.54) is 6.08 Å². The molecule has 1 saturated heterocycles. The number of nitrogens with zero attached hydrogens (tertiary/aromatic N) is 1. The number of carboxylic acids is 1. The zero-order chi connectivity index (χ0) is 14.4. The Morgan fingerprint density at radius 2 is 2.35 bits per heavy atom. The number of amides is 1. The van der Waals surface area contributed by atoms with Crippen LogP contribution in [0.2, 0.25) is 0 Å². The number of piperidine rings is 1. The van der Waals surface area contributed by atoms with Gasteiger partial charge in [-0.3, -0.25) is 9.59 Å². The molecule has 5 nitrogen and oxygen atoms in total. The van der Waals surface area contributed by atoms with Gasteiger partial charge in [-0.05, 0) is 43.4 Å². The fraction of sp³-hybridized carbons (Fsp3) is 0.467. The van der Waals surface area contributed by atoms with Gasteiger partial charge in [0, 0.05) is 25.6 Å². The molecule has 0 saturated carbocycles. The van der Waals surface area contributed by atoms with E-state index in [0.717, 1.165) is 19.4 Å². The summed E-state index contributed by atoms with van der Waals surface area (Å²) in [6.45, 7) is 1.39. The molecule has 5 heteroatoms. The van der Waals surface area contributed by atoms with Gasteiger partial charge in [-0.2, -0.15) is 0 Å². The molecule has 2 rings (SSSR count). The molecule has 0 aliphatic carbocycles. The highest BCUT2D eigenvalue weighted by molar-refractivity contribution is 5.91. The lowest BCUT2D eigenvalue weighted by molar-refractivity contribution is -0.137. The number of rotatable bonds is 5. The summed E-state index contributed by atoms with van der Waals surface area (Å²) in [5.41, 5.74) is 0. The Morgan fingerprint density at radius 1 is 1.50 bits per heavy atom. The van der Waals surface area contributed by atoms with E-state index >= 15 is 0 Å². The van der Waals surface area contributed by atoms with Gasteiger partial charge in [0.15, 0.2) is 0 Å². The largest absolute Gasteiger partial charge is 0.481 e. The van der Waals surface area contributed by atoms with Crippen LogP contribution in [-0.2, 0) is 9.59 Å². The van der Waals surface area contributed by atoms with Gasteiger partial charge in [-0.25, -0.2) is 0 Å². The first kappa shape index (κ1) is 14.4. The van der Waals surface area contributed by atoms with Gasteiger partial charge in [-0.15, -0.1) is 0 Å². The standard InChI is InChI=1S/C15H19NO4/c17-14(7-6-13-4-2-10-20-13)16-9-1-3-12(11-16)5-8-15(18)19/h2,4,6-7,10,12H,1,3,5,8-9,11H2,(H,18,19)/b7-6+/t12-/m1/s1. The van der Waals surface area contributed by atoms with Crippen molar-refractivity contribution < 1.29 is 19.1 Å². The molecule has 0 unspecified atom stereocenters. The molecule has 0 spiro atoms. The average molecular weight is 277 g/mol. The van der Waals surface area contributed by atoms with Crippen LogP contribution in [0.1, 0.15) is 31.4 Å². The number of carboxylic acid groups (broad SMARTS) is 1. The maximum absolute atomic E-state index is 12.1. The number of carbonyl (C=O) groups is 2. The molecule has 1 atom stereocenters. The molecule has 20 heavy (non-hydrogen) atoms. The van der Waals surface area contributed by atoms with Crippen molar-refractivity contribution in [3.8, 4) is 0 Å². The lowest BCUT2D eigenvalue weighted by atomic mass is 9.93. The van der Waals surface area contributed by atoms with Crippen molar-refractivity contribution in [3.05, 3.63) is 30.2 Å². The predicted molar refractivity (Wildman–Crippen MR) is 73.9 cm³/mol. The predicted octanol–water partition coefficient (Wildman–Crippen LogP) is 2.40. The molecule has 0 aromatic carbocycles. The summed E-state index contributed by atoms with van der Waals surface area (Å²) in [6, 6.07) is 3.56. The molecule has 1 aromatic rings. The Hall–Kier alpha value is -2.04. The van der Waals surface area contributed by atoms with E-state index in [4.69, 9.17) is 9.52 Å². The molecule has 1 aromatic heterocycles. The van der Waals surface area contributed by atoms with Crippen molar-refractivity contribution in [2.75, 3.05) is 13.1 Å². The Kier molecular flexibility index (Phi) is 4.98. The van der Waals surface area contributed by atoms with Crippen LogP contribution in [0.15, 0.2) is 28.9 Å². The molecule has 0 bridgehead atoms. The third-order valence-corrected chi connectivity index (χ3v) is 3.53. The zero-order valence-corrected chi connectivity index (χ0v) is 11.3. The quantitative estimate of drug-likeness (QED) is 0.839. The van der Waals surface area contributed by atoms with Crippen molar-refractivity contribution in [1.29, 1.82) is 0 Å². The Labute approximate surface area is 117 Å². The topological polar surface area (TPSA) is 70.8 Å². The minimum atomic E-state index is -0.772. The van der Waals surface area contributed by atoms with E-state index in [0.29, 0.717) is 24.6 Å². The summed E-state index contributed by atoms with van der Waals surface area (Å²) in [7, 11) is 0. The molecule has 1 N–H and O–H groups in total. The molecule has 1 fully saturated rings. The second kappa shape index (κ2) is 6.93. The lowest BCUT2D eigenvalue weighted by Crippen LogP contribution is -2.39. The fourth-order valence-corrected chi connectivity index (χ4v) is 2.47. The molecular weight excluding hydrogens is 258 g/mol. The minimum Gasteiger partial charge on any atom is -0.481 e. The van der Waals surface area contributed by atoms with Crippen LogP contribution in [0.25, 0.3) is 6.08 Å². The van der Waals surface area contributed by atoms with Gasteiger partial charge in [-0.1, -0.05) is 0 Å². The van der Waals surface area contributed by atoms with Gasteiger partial charge in [0.1, 0.15) is 5.76 Å². The summed E-state index contributed by atoms with van der Waals surface area (Å²) in [5, 5.41) is 8.71. The molecule has 1 amide bonds. The van der Waals surface area contributed by atoms with E-state index < -0.39 is 5.97 Å². The monoisotopic (exact) mass is 277 g/mol. The van der Waals surface area contributed by atoms with Gasteiger partial charge in [0.05, 0.1) is 6.26 Å². The first-order valence-electron chi connectivity index (χ1n) is 6.87. The highest BCUT2D eigenvalue weighted by Gasteiger charge is 2.22. The summed E-state index contributed by atoms with van der Waals surface area (Å²) in [5.74, 6) is 0.131. The maximum atomic E-state index is 12.1. The number of hydrogen-bond donors (Lipinski definition) is 1. The molecule has 1 aliphatic rings. The minimum absolute atomic E-state index is 0.0403. The van der Waals surface area contributed by atoms with Crippen LogP contribution >= 0.6 is 0 Å². The van der Waals surface area contributed by atoms with Crippen LogP contribution in [0.5, 0.6) is 0 Å². The number of carbonyl (C=O) groups excluding carboxylic acids is 1. The van der Waals surface area contributed by atoms with E-state index in [1.807, 2.05) is 0 Å².